The summed E-state index contributed by atoms with van der Waals surface area (Å²) in [6, 6.07) is 2.75. The van der Waals surface area contributed by atoms with Crippen LogP contribution < -0.4 is 10.2 Å². The monoisotopic (exact) mass is 262 g/mol. The molecule has 0 bridgehead atoms. The van der Waals surface area contributed by atoms with Crippen LogP contribution in [-0.2, 0) is 6.42 Å². The Hall–Kier alpha value is -1.16. The second-order valence-corrected chi connectivity index (χ2v) is 5.31. The maximum atomic E-state index is 4.46. The molecule has 1 saturated heterocycles. The van der Waals surface area contributed by atoms with Crippen molar-refractivity contribution in [2.45, 2.75) is 52.0 Å². The quantitative estimate of drug-likeness (QED) is 0.854. The Morgan fingerprint density at radius 1 is 1.32 bits per heavy atom. The van der Waals surface area contributed by atoms with E-state index in [0.29, 0.717) is 6.04 Å². The Morgan fingerprint density at radius 3 is 2.89 bits per heavy atom. The summed E-state index contributed by atoms with van der Waals surface area (Å²) in [6.45, 7) is 7.66. The van der Waals surface area contributed by atoms with Crippen LogP contribution in [0.3, 0.4) is 0 Å². The van der Waals surface area contributed by atoms with Crippen molar-refractivity contribution in [3.63, 3.8) is 0 Å². The first-order chi connectivity index (χ1) is 9.33. The number of anilines is 1. The highest BCUT2D eigenvalue weighted by molar-refractivity contribution is 5.39. The summed E-state index contributed by atoms with van der Waals surface area (Å²) < 4.78 is 0. The molecular weight excluding hydrogens is 236 g/mol. The minimum Gasteiger partial charge on any atom is -0.355 e. The first kappa shape index (κ1) is 14.3. The van der Waals surface area contributed by atoms with Gasteiger partial charge in [0.05, 0.1) is 0 Å². The lowest BCUT2D eigenvalue weighted by Crippen LogP contribution is -2.44. The topological polar surface area (TPSA) is 41.0 Å². The minimum atomic E-state index is 0.611. The van der Waals surface area contributed by atoms with Gasteiger partial charge in [0.25, 0.3) is 0 Å². The molecule has 1 unspecified atom stereocenters. The third-order valence-corrected chi connectivity index (χ3v) is 3.74. The number of hydrogen-bond acceptors (Lipinski definition) is 4. The van der Waals surface area contributed by atoms with Gasteiger partial charge in [-0.15, -0.1) is 0 Å². The van der Waals surface area contributed by atoms with Gasteiger partial charge in [-0.2, -0.15) is 0 Å². The van der Waals surface area contributed by atoms with Crippen molar-refractivity contribution >= 4 is 5.82 Å². The highest BCUT2D eigenvalue weighted by atomic mass is 15.2. The summed E-state index contributed by atoms with van der Waals surface area (Å²) in [4.78, 5) is 11.2. The molecule has 0 saturated carbocycles. The van der Waals surface area contributed by atoms with E-state index in [0.717, 1.165) is 44.0 Å². The fourth-order valence-corrected chi connectivity index (χ4v) is 2.67. The number of aryl methyl sites for hydroxylation is 1. The van der Waals surface area contributed by atoms with Crippen LogP contribution in [0.1, 0.15) is 45.2 Å². The van der Waals surface area contributed by atoms with E-state index in [4.69, 9.17) is 0 Å². The first-order valence-corrected chi connectivity index (χ1v) is 7.62. The standard InChI is InChI=1S/C15H26N4/c1-3-9-19(11-14-7-5-6-8-16-14)15-10-13(4-2)17-12-18-15/h10,12,14,16H,3-9,11H2,1-2H3. The van der Waals surface area contributed by atoms with Crippen LogP contribution >= 0.6 is 0 Å². The molecule has 1 atom stereocenters. The fourth-order valence-electron chi connectivity index (χ4n) is 2.67. The van der Waals surface area contributed by atoms with Gasteiger partial charge >= 0.3 is 0 Å². The molecule has 4 nitrogen and oxygen atoms in total. The van der Waals surface area contributed by atoms with Crippen molar-refractivity contribution in [3.05, 3.63) is 18.1 Å². The second-order valence-electron chi connectivity index (χ2n) is 5.31. The average molecular weight is 262 g/mol. The molecule has 1 aromatic rings. The maximum Gasteiger partial charge on any atom is 0.132 e. The molecule has 0 spiro atoms. The molecule has 0 radical (unpaired) electrons. The molecule has 1 aliphatic rings. The van der Waals surface area contributed by atoms with E-state index in [1.165, 1.54) is 19.3 Å². The van der Waals surface area contributed by atoms with Crippen LogP contribution in [0.4, 0.5) is 5.82 Å². The van der Waals surface area contributed by atoms with Crippen LogP contribution in [-0.4, -0.2) is 35.6 Å². The summed E-state index contributed by atoms with van der Waals surface area (Å²) in [6.07, 6.45) is 7.77. The van der Waals surface area contributed by atoms with E-state index < -0.39 is 0 Å². The summed E-state index contributed by atoms with van der Waals surface area (Å²) in [7, 11) is 0. The number of aromatic nitrogens is 2. The third kappa shape index (κ3) is 4.16. The van der Waals surface area contributed by atoms with Crippen LogP contribution in [0.25, 0.3) is 0 Å². The highest BCUT2D eigenvalue weighted by Gasteiger charge is 2.17. The molecule has 2 rings (SSSR count). The lowest BCUT2D eigenvalue weighted by molar-refractivity contribution is 0.398. The normalized spacial score (nSPS) is 19.4. The van der Waals surface area contributed by atoms with E-state index in [1.807, 2.05) is 0 Å². The van der Waals surface area contributed by atoms with Gasteiger partial charge in [-0.25, -0.2) is 9.97 Å². The van der Waals surface area contributed by atoms with Crippen molar-refractivity contribution < 1.29 is 0 Å². The number of nitrogens with one attached hydrogen (secondary N) is 1. The number of rotatable bonds is 6. The van der Waals surface area contributed by atoms with E-state index in [-0.39, 0.29) is 0 Å². The second kappa shape index (κ2) is 7.43. The first-order valence-electron chi connectivity index (χ1n) is 7.62. The van der Waals surface area contributed by atoms with E-state index in [9.17, 15) is 0 Å². The van der Waals surface area contributed by atoms with Crippen molar-refractivity contribution in [2.24, 2.45) is 0 Å². The molecule has 4 heteroatoms. The molecule has 1 N–H and O–H groups in total. The van der Waals surface area contributed by atoms with E-state index in [1.54, 1.807) is 6.33 Å². The molecule has 0 aromatic carbocycles. The fraction of sp³-hybridized carbons (Fsp3) is 0.733. The van der Waals surface area contributed by atoms with Gasteiger partial charge < -0.3 is 10.2 Å². The van der Waals surface area contributed by atoms with Gasteiger partial charge in [0.2, 0.25) is 0 Å². The maximum absolute atomic E-state index is 4.46. The number of nitrogens with zero attached hydrogens (tertiary/aromatic N) is 3. The van der Waals surface area contributed by atoms with E-state index >= 15 is 0 Å². The molecule has 106 valence electrons. The minimum absolute atomic E-state index is 0.611. The van der Waals surface area contributed by atoms with Crippen molar-refractivity contribution in [2.75, 3.05) is 24.5 Å². The SMILES string of the molecule is CCCN(CC1CCCCN1)c1cc(CC)ncn1. The molecule has 1 aliphatic heterocycles. The van der Waals surface area contributed by atoms with E-state index in [2.05, 4.69) is 40.1 Å². The molecule has 19 heavy (non-hydrogen) atoms. The summed E-state index contributed by atoms with van der Waals surface area (Å²) in [5.41, 5.74) is 1.13. The Bertz CT molecular complexity index is 374. The zero-order valence-corrected chi connectivity index (χ0v) is 12.2. The Balaban J connectivity index is 2.04. The van der Waals surface area contributed by atoms with Crippen molar-refractivity contribution in [3.8, 4) is 0 Å². The van der Waals surface area contributed by atoms with Crippen LogP contribution in [0.2, 0.25) is 0 Å². The van der Waals surface area contributed by atoms with Gasteiger partial charge in [0, 0.05) is 30.9 Å². The Morgan fingerprint density at radius 2 is 2.21 bits per heavy atom. The molecule has 0 aliphatic carbocycles. The largest absolute Gasteiger partial charge is 0.355 e. The van der Waals surface area contributed by atoms with Gasteiger partial charge in [0.1, 0.15) is 12.1 Å². The highest BCUT2D eigenvalue weighted by Crippen LogP contribution is 2.15. The number of piperidine rings is 1. The van der Waals surface area contributed by atoms with Crippen molar-refractivity contribution in [1.29, 1.82) is 0 Å². The third-order valence-electron chi connectivity index (χ3n) is 3.74. The Labute approximate surface area is 116 Å². The predicted octanol–water partition coefficient (Wildman–Crippen LogP) is 2.40. The Kier molecular flexibility index (Phi) is 5.58. The summed E-state index contributed by atoms with van der Waals surface area (Å²) in [5, 5.41) is 3.62. The molecule has 0 amide bonds. The molecule has 1 aromatic heterocycles. The summed E-state index contributed by atoms with van der Waals surface area (Å²) >= 11 is 0. The average Bonchev–Trinajstić information content (AvgIpc) is 2.48. The van der Waals surface area contributed by atoms with Gasteiger partial charge in [-0.3, -0.25) is 0 Å². The molecular formula is C15H26N4. The zero-order valence-electron chi connectivity index (χ0n) is 12.2. The van der Waals surface area contributed by atoms with Crippen molar-refractivity contribution in [1.82, 2.24) is 15.3 Å². The zero-order chi connectivity index (χ0) is 13.5. The molecule has 1 fully saturated rings. The van der Waals surface area contributed by atoms with Gasteiger partial charge in [-0.05, 0) is 32.2 Å². The van der Waals surface area contributed by atoms with Crippen LogP contribution in [0.15, 0.2) is 12.4 Å². The smallest absolute Gasteiger partial charge is 0.132 e. The van der Waals surface area contributed by atoms with Crippen LogP contribution in [0, 0.1) is 0 Å². The lowest BCUT2D eigenvalue weighted by atomic mass is 10.0. The molecule has 2 heterocycles. The predicted molar refractivity (Wildman–Crippen MR) is 79.6 cm³/mol. The van der Waals surface area contributed by atoms with Gasteiger partial charge in [0.15, 0.2) is 0 Å². The number of hydrogen-bond donors (Lipinski definition) is 1. The lowest BCUT2D eigenvalue weighted by Gasteiger charge is -2.31. The van der Waals surface area contributed by atoms with Gasteiger partial charge in [-0.1, -0.05) is 20.3 Å². The summed E-state index contributed by atoms with van der Waals surface area (Å²) in [5.74, 6) is 1.08. The van der Waals surface area contributed by atoms with Crippen LogP contribution in [0.5, 0.6) is 0 Å².